The summed E-state index contributed by atoms with van der Waals surface area (Å²) in [5, 5.41) is 18.7. The molecule has 9 heteroatoms. The predicted octanol–water partition coefficient (Wildman–Crippen LogP) is -0.0555. The molecule has 128 valence electrons. The van der Waals surface area contributed by atoms with Crippen LogP contribution in [-0.2, 0) is 0 Å². The molecule has 1 atom stereocenters. The van der Waals surface area contributed by atoms with E-state index in [1.807, 2.05) is 6.26 Å². The number of hydrogen-bond acceptors (Lipinski definition) is 6. The van der Waals surface area contributed by atoms with Crippen molar-refractivity contribution in [2.45, 2.75) is 6.10 Å². The molecular formula is C14H18O8S. The summed E-state index contributed by atoms with van der Waals surface area (Å²) in [4.78, 5) is 22.9. The van der Waals surface area contributed by atoms with Gasteiger partial charge >= 0.3 is 5.97 Å². The van der Waals surface area contributed by atoms with Crippen LogP contribution < -0.4 is 10.2 Å². The molecule has 0 saturated carbocycles. The first-order valence-electron chi connectivity index (χ1n) is 6.13. The second-order valence-corrected chi connectivity index (χ2v) is 5.24. The second-order valence-electron chi connectivity index (χ2n) is 4.33. The summed E-state index contributed by atoms with van der Waals surface area (Å²) in [6, 6.07) is 5.57. The van der Waals surface area contributed by atoms with Crippen molar-refractivity contribution >= 4 is 28.7 Å². The van der Waals surface area contributed by atoms with Crippen LogP contribution in [0, 0.1) is 0 Å². The molecule has 1 aromatic heterocycles. The van der Waals surface area contributed by atoms with Crippen molar-refractivity contribution in [3.63, 3.8) is 0 Å². The minimum atomic E-state index is -1.31. The standard InChI is InChI=1S/C14H14O6S.2H2O/c1-21-7-8(15)6-19-10-3-2-4-11-13(10)9(16)5-12(20-11)14(17)18;;/h2-5,8,15H,6-7H2,1H3,(H,17,18);2*1H2. The van der Waals surface area contributed by atoms with Crippen LogP contribution in [0.5, 0.6) is 5.75 Å². The van der Waals surface area contributed by atoms with Gasteiger partial charge in [-0.3, -0.25) is 4.79 Å². The zero-order valence-corrected chi connectivity index (χ0v) is 13.1. The molecule has 8 nitrogen and oxygen atoms in total. The van der Waals surface area contributed by atoms with Gasteiger partial charge in [0.1, 0.15) is 23.3 Å². The average Bonchev–Trinajstić information content (AvgIpc) is 2.44. The molecule has 0 spiro atoms. The Kier molecular flexibility index (Phi) is 8.33. The average molecular weight is 346 g/mol. The van der Waals surface area contributed by atoms with Gasteiger partial charge in [-0.05, 0) is 18.4 Å². The molecule has 0 aliphatic carbocycles. The number of thioether (sulfide) groups is 1. The molecule has 2 aromatic rings. The fourth-order valence-corrected chi connectivity index (χ4v) is 2.31. The summed E-state index contributed by atoms with van der Waals surface area (Å²) < 4.78 is 10.6. The lowest BCUT2D eigenvalue weighted by Crippen LogP contribution is -2.20. The van der Waals surface area contributed by atoms with Crippen molar-refractivity contribution in [3.05, 3.63) is 40.2 Å². The largest absolute Gasteiger partial charge is 0.490 e. The minimum absolute atomic E-state index is 0. The van der Waals surface area contributed by atoms with E-state index in [-0.39, 0.29) is 34.3 Å². The van der Waals surface area contributed by atoms with E-state index in [2.05, 4.69) is 0 Å². The zero-order valence-electron chi connectivity index (χ0n) is 12.2. The van der Waals surface area contributed by atoms with Gasteiger partial charge in [0, 0.05) is 11.8 Å². The van der Waals surface area contributed by atoms with Crippen molar-refractivity contribution < 1.29 is 35.1 Å². The van der Waals surface area contributed by atoms with Crippen LogP contribution in [0.3, 0.4) is 0 Å². The number of rotatable bonds is 6. The lowest BCUT2D eigenvalue weighted by molar-refractivity contribution is 0.0663. The van der Waals surface area contributed by atoms with Gasteiger partial charge in [0.15, 0.2) is 5.43 Å². The highest BCUT2D eigenvalue weighted by molar-refractivity contribution is 7.98. The molecule has 0 amide bonds. The lowest BCUT2D eigenvalue weighted by Gasteiger charge is -2.12. The molecular weight excluding hydrogens is 328 g/mol. The van der Waals surface area contributed by atoms with Gasteiger partial charge in [-0.1, -0.05) is 6.07 Å². The van der Waals surface area contributed by atoms with Crippen molar-refractivity contribution in [2.24, 2.45) is 0 Å². The Labute approximate surface area is 135 Å². The van der Waals surface area contributed by atoms with E-state index in [1.165, 1.54) is 17.8 Å². The fraction of sp³-hybridized carbons (Fsp3) is 0.286. The maximum absolute atomic E-state index is 12.0. The van der Waals surface area contributed by atoms with Crippen molar-refractivity contribution in [3.8, 4) is 5.75 Å². The van der Waals surface area contributed by atoms with Crippen LogP contribution in [0.4, 0.5) is 0 Å². The summed E-state index contributed by atoms with van der Waals surface area (Å²) in [5.41, 5.74) is -0.361. The monoisotopic (exact) mass is 346 g/mol. The minimum Gasteiger partial charge on any atom is -0.490 e. The maximum atomic E-state index is 12.0. The zero-order chi connectivity index (χ0) is 15.4. The van der Waals surface area contributed by atoms with E-state index in [0.29, 0.717) is 5.75 Å². The maximum Gasteiger partial charge on any atom is 0.371 e. The van der Waals surface area contributed by atoms with E-state index < -0.39 is 23.3 Å². The van der Waals surface area contributed by atoms with Crippen LogP contribution in [0.2, 0.25) is 0 Å². The van der Waals surface area contributed by atoms with Crippen LogP contribution in [0.1, 0.15) is 10.6 Å². The molecule has 23 heavy (non-hydrogen) atoms. The van der Waals surface area contributed by atoms with Crippen LogP contribution in [-0.4, -0.2) is 51.9 Å². The van der Waals surface area contributed by atoms with E-state index in [9.17, 15) is 14.7 Å². The first-order valence-corrected chi connectivity index (χ1v) is 7.52. The molecule has 0 aliphatic rings. The van der Waals surface area contributed by atoms with Crippen molar-refractivity contribution in [1.29, 1.82) is 0 Å². The Morgan fingerprint density at radius 2 is 2.09 bits per heavy atom. The number of carbonyl (C=O) groups is 1. The Hall–Kier alpha value is -2.07. The molecule has 0 radical (unpaired) electrons. The van der Waals surface area contributed by atoms with Gasteiger partial charge < -0.3 is 30.3 Å². The normalized spacial score (nSPS) is 11.2. The van der Waals surface area contributed by atoms with Gasteiger partial charge in [0.2, 0.25) is 5.76 Å². The van der Waals surface area contributed by atoms with Gasteiger partial charge in [0.25, 0.3) is 0 Å². The molecule has 0 fully saturated rings. The Balaban J connectivity index is 0.00000242. The summed E-state index contributed by atoms with van der Waals surface area (Å²) >= 11 is 1.48. The van der Waals surface area contributed by atoms with E-state index in [1.54, 1.807) is 12.1 Å². The fourth-order valence-electron chi connectivity index (χ4n) is 1.83. The van der Waals surface area contributed by atoms with Gasteiger partial charge in [-0.15, -0.1) is 0 Å². The number of aliphatic hydroxyl groups is 1. The first-order chi connectivity index (χ1) is 10.0. The third-order valence-electron chi connectivity index (χ3n) is 2.72. The predicted molar refractivity (Wildman–Crippen MR) is 86.6 cm³/mol. The number of hydrogen-bond donors (Lipinski definition) is 2. The molecule has 1 aromatic carbocycles. The number of ether oxygens (including phenoxy) is 1. The Bertz CT molecular complexity index is 711. The number of carboxylic acids is 1. The smallest absolute Gasteiger partial charge is 0.371 e. The summed E-state index contributed by atoms with van der Waals surface area (Å²) in [6.45, 7) is 0.0417. The third kappa shape index (κ3) is 4.96. The Morgan fingerprint density at radius 3 is 2.70 bits per heavy atom. The number of benzene rings is 1. The quantitative estimate of drug-likeness (QED) is 0.741. The van der Waals surface area contributed by atoms with Gasteiger partial charge in [0.05, 0.1) is 6.10 Å². The number of aliphatic hydroxyl groups excluding tert-OH is 1. The van der Waals surface area contributed by atoms with Crippen LogP contribution in [0.25, 0.3) is 11.0 Å². The van der Waals surface area contributed by atoms with Crippen LogP contribution in [0.15, 0.2) is 33.5 Å². The highest BCUT2D eigenvalue weighted by Gasteiger charge is 2.14. The summed E-state index contributed by atoms with van der Waals surface area (Å²) in [7, 11) is 0. The number of carboxylic acid groups (broad SMARTS) is 1. The molecule has 1 heterocycles. The molecule has 2 rings (SSSR count). The molecule has 1 unspecified atom stereocenters. The summed E-state index contributed by atoms with van der Waals surface area (Å²) in [6.07, 6.45) is 1.21. The third-order valence-corrected chi connectivity index (χ3v) is 3.44. The van der Waals surface area contributed by atoms with E-state index >= 15 is 0 Å². The lowest BCUT2D eigenvalue weighted by atomic mass is 10.2. The van der Waals surface area contributed by atoms with Crippen molar-refractivity contribution in [1.82, 2.24) is 0 Å². The Morgan fingerprint density at radius 1 is 1.39 bits per heavy atom. The highest BCUT2D eigenvalue weighted by Crippen LogP contribution is 2.23. The number of aromatic carboxylic acids is 1. The summed E-state index contributed by atoms with van der Waals surface area (Å²) in [5.74, 6) is -0.955. The highest BCUT2D eigenvalue weighted by atomic mass is 32.2. The van der Waals surface area contributed by atoms with E-state index in [0.717, 1.165) is 6.07 Å². The van der Waals surface area contributed by atoms with Crippen LogP contribution >= 0.6 is 11.8 Å². The van der Waals surface area contributed by atoms with Crippen molar-refractivity contribution in [2.75, 3.05) is 18.6 Å². The second kappa shape index (κ2) is 9.16. The van der Waals surface area contributed by atoms with E-state index in [4.69, 9.17) is 14.3 Å². The molecule has 0 bridgehead atoms. The SMILES string of the molecule is CSCC(O)COc1cccc2oc(C(=O)O)cc(=O)c12.O.O. The first kappa shape index (κ1) is 20.9. The number of fused-ring (bicyclic) bond motifs is 1. The van der Waals surface area contributed by atoms with Gasteiger partial charge in [-0.2, -0.15) is 11.8 Å². The van der Waals surface area contributed by atoms with Gasteiger partial charge in [-0.25, -0.2) is 4.79 Å². The topological polar surface area (TPSA) is 160 Å². The molecule has 0 saturated heterocycles. The molecule has 6 N–H and O–H groups in total. The molecule has 0 aliphatic heterocycles.